The van der Waals surface area contributed by atoms with Crippen LogP contribution >= 0.6 is 11.8 Å². The normalized spacial score (nSPS) is 32.2. The monoisotopic (exact) mass is 334 g/mol. The molecule has 0 amide bonds. The fraction of sp³-hybridized carbons (Fsp3) is 1.00. The van der Waals surface area contributed by atoms with Gasteiger partial charge in [-0.25, -0.2) is 8.42 Å². The van der Waals surface area contributed by atoms with Crippen LogP contribution in [0.2, 0.25) is 0 Å². The molecule has 1 saturated heterocycles. The van der Waals surface area contributed by atoms with Crippen molar-refractivity contribution in [2.24, 2.45) is 5.92 Å². The quantitative estimate of drug-likeness (QED) is 0.805. The first-order valence-corrected chi connectivity index (χ1v) is 11.2. The molecule has 6 heteroatoms. The molecule has 4 nitrogen and oxygen atoms in total. The predicted molar refractivity (Wildman–Crippen MR) is 91.6 cm³/mol. The molecule has 0 bridgehead atoms. The third-order valence-electron chi connectivity index (χ3n) is 4.85. The van der Waals surface area contributed by atoms with E-state index in [-0.39, 0.29) is 11.1 Å². The van der Waals surface area contributed by atoms with Gasteiger partial charge >= 0.3 is 0 Å². The Hall–Kier alpha value is 0.220. The summed E-state index contributed by atoms with van der Waals surface area (Å²) in [6, 6.07) is 0.573. The van der Waals surface area contributed by atoms with Crippen molar-refractivity contribution in [2.75, 3.05) is 36.9 Å². The maximum absolute atomic E-state index is 12.3. The zero-order valence-electron chi connectivity index (χ0n) is 13.4. The van der Waals surface area contributed by atoms with E-state index in [4.69, 9.17) is 0 Å². The van der Waals surface area contributed by atoms with Gasteiger partial charge in [0.05, 0.1) is 0 Å². The van der Waals surface area contributed by atoms with Gasteiger partial charge in [-0.2, -0.15) is 11.8 Å². The summed E-state index contributed by atoms with van der Waals surface area (Å²) in [6.45, 7) is 6.81. The summed E-state index contributed by atoms with van der Waals surface area (Å²) < 4.78 is 24.7. The second-order valence-electron chi connectivity index (χ2n) is 6.18. The lowest BCUT2D eigenvalue weighted by Crippen LogP contribution is -2.52. The van der Waals surface area contributed by atoms with Gasteiger partial charge in [0.2, 0.25) is 0 Å². The molecular weight excluding hydrogens is 304 g/mol. The van der Waals surface area contributed by atoms with Crippen LogP contribution in [0.4, 0.5) is 0 Å². The molecule has 1 saturated carbocycles. The largest absolute Gasteiger partial charge is 0.314 e. The van der Waals surface area contributed by atoms with Crippen LogP contribution in [0.25, 0.3) is 0 Å². The van der Waals surface area contributed by atoms with Crippen molar-refractivity contribution in [1.29, 1.82) is 0 Å². The van der Waals surface area contributed by atoms with Gasteiger partial charge in [-0.1, -0.05) is 26.7 Å². The average molecular weight is 335 g/mol. The molecule has 1 N–H and O–H groups in total. The summed E-state index contributed by atoms with van der Waals surface area (Å²) in [5, 5.41) is 3.35. The Bertz CT molecular complexity index is 412. The highest BCUT2D eigenvalue weighted by atomic mass is 32.2. The number of hydrogen-bond donors (Lipinski definition) is 1. The second kappa shape index (κ2) is 8.18. The molecule has 0 aromatic heterocycles. The fourth-order valence-corrected chi connectivity index (χ4v) is 6.70. The number of thioether (sulfide) groups is 1. The van der Waals surface area contributed by atoms with Gasteiger partial charge in [-0.3, -0.25) is 4.90 Å². The molecular formula is C15H30N2O2S2. The zero-order valence-corrected chi connectivity index (χ0v) is 15.0. The Kier molecular flexibility index (Phi) is 6.84. The molecule has 21 heavy (non-hydrogen) atoms. The van der Waals surface area contributed by atoms with Crippen molar-refractivity contribution in [2.45, 2.75) is 50.9 Å². The van der Waals surface area contributed by atoms with Gasteiger partial charge < -0.3 is 5.32 Å². The van der Waals surface area contributed by atoms with Crippen LogP contribution in [0.15, 0.2) is 0 Å². The minimum Gasteiger partial charge on any atom is -0.314 e. The van der Waals surface area contributed by atoms with Crippen LogP contribution in [-0.4, -0.2) is 61.6 Å². The summed E-state index contributed by atoms with van der Waals surface area (Å²) in [6.07, 6.45) is 5.08. The lowest BCUT2D eigenvalue weighted by molar-refractivity contribution is 0.166. The SMILES string of the molecule is CCNC1CCCCC1CN1CCSCC1S(=O)(=O)CC. The van der Waals surface area contributed by atoms with Crippen molar-refractivity contribution in [3.63, 3.8) is 0 Å². The zero-order chi connectivity index (χ0) is 15.3. The van der Waals surface area contributed by atoms with Crippen LogP contribution in [-0.2, 0) is 9.84 Å². The van der Waals surface area contributed by atoms with Crippen LogP contribution in [0, 0.1) is 5.92 Å². The van der Waals surface area contributed by atoms with Crippen LogP contribution in [0.1, 0.15) is 39.5 Å². The molecule has 0 radical (unpaired) electrons. The third-order valence-corrected chi connectivity index (χ3v) is 8.18. The van der Waals surface area contributed by atoms with E-state index in [0.29, 0.717) is 12.0 Å². The molecule has 1 aliphatic heterocycles. The minimum atomic E-state index is -2.97. The Labute approximate surface area is 134 Å². The van der Waals surface area contributed by atoms with Crippen molar-refractivity contribution in [3.8, 4) is 0 Å². The number of hydrogen-bond acceptors (Lipinski definition) is 5. The number of nitrogens with one attached hydrogen (secondary N) is 1. The summed E-state index contributed by atoms with van der Waals surface area (Å²) in [5.41, 5.74) is 0. The standard InChI is InChI=1S/C15H30N2O2S2/c1-3-16-14-8-6-5-7-13(14)11-17-9-10-20-12-15(17)21(18,19)4-2/h13-16H,3-12H2,1-2H3. The lowest BCUT2D eigenvalue weighted by Gasteiger charge is -2.40. The molecule has 0 aromatic rings. The average Bonchev–Trinajstić information content (AvgIpc) is 2.50. The summed E-state index contributed by atoms with van der Waals surface area (Å²) in [7, 11) is -2.97. The van der Waals surface area contributed by atoms with Gasteiger partial charge in [0.1, 0.15) is 5.37 Å². The molecule has 2 aliphatic rings. The summed E-state index contributed by atoms with van der Waals surface area (Å²) in [4.78, 5) is 2.26. The summed E-state index contributed by atoms with van der Waals surface area (Å²) in [5.74, 6) is 2.68. The van der Waals surface area contributed by atoms with Crippen molar-refractivity contribution >= 4 is 21.6 Å². The molecule has 1 heterocycles. The number of rotatable bonds is 6. The molecule has 3 atom stereocenters. The van der Waals surface area contributed by atoms with E-state index >= 15 is 0 Å². The molecule has 3 unspecified atom stereocenters. The third kappa shape index (κ3) is 4.60. The molecule has 1 aliphatic carbocycles. The van der Waals surface area contributed by atoms with E-state index in [2.05, 4.69) is 17.1 Å². The Balaban J connectivity index is 2.04. The highest BCUT2D eigenvalue weighted by Gasteiger charge is 2.35. The van der Waals surface area contributed by atoms with Gasteiger partial charge in [-0.15, -0.1) is 0 Å². The highest BCUT2D eigenvalue weighted by Crippen LogP contribution is 2.29. The van der Waals surface area contributed by atoms with E-state index in [9.17, 15) is 8.42 Å². The van der Waals surface area contributed by atoms with Gasteiger partial charge in [0, 0.05) is 36.4 Å². The lowest BCUT2D eigenvalue weighted by atomic mass is 9.84. The van der Waals surface area contributed by atoms with Crippen LogP contribution < -0.4 is 5.32 Å². The van der Waals surface area contributed by atoms with Crippen molar-refractivity contribution in [1.82, 2.24) is 10.2 Å². The van der Waals surface area contributed by atoms with Crippen molar-refractivity contribution < 1.29 is 8.42 Å². The maximum Gasteiger partial charge on any atom is 0.166 e. The first-order valence-electron chi connectivity index (χ1n) is 8.35. The van der Waals surface area contributed by atoms with E-state index in [1.807, 2.05) is 0 Å². The van der Waals surface area contributed by atoms with Gasteiger partial charge in [0.15, 0.2) is 9.84 Å². The van der Waals surface area contributed by atoms with Gasteiger partial charge in [0.25, 0.3) is 0 Å². The van der Waals surface area contributed by atoms with E-state index in [1.165, 1.54) is 25.7 Å². The first-order chi connectivity index (χ1) is 10.1. The summed E-state index contributed by atoms with van der Waals surface area (Å²) >= 11 is 1.79. The smallest absolute Gasteiger partial charge is 0.166 e. The van der Waals surface area contributed by atoms with Crippen LogP contribution in [0.5, 0.6) is 0 Å². The van der Waals surface area contributed by atoms with E-state index < -0.39 is 9.84 Å². The Morgan fingerprint density at radius 2 is 2.00 bits per heavy atom. The topological polar surface area (TPSA) is 49.4 Å². The minimum absolute atomic E-state index is 0.259. The molecule has 2 rings (SSSR count). The van der Waals surface area contributed by atoms with Gasteiger partial charge in [-0.05, 0) is 25.3 Å². The molecule has 124 valence electrons. The molecule has 0 aromatic carbocycles. The maximum atomic E-state index is 12.3. The Morgan fingerprint density at radius 3 is 2.71 bits per heavy atom. The number of sulfone groups is 1. The predicted octanol–water partition coefficient (Wildman–Crippen LogP) is 1.96. The first kappa shape index (κ1) is 17.6. The molecule has 0 spiro atoms. The van der Waals surface area contributed by atoms with Crippen LogP contribution in [0.3, 0.4) is 0 Å². The Morgan fingerprint density at radius 1 is 1.24 bits per heavy atom. The van der Waals surface area contributed by atoms with E-state index in [1.54, 1.807) is 18.7 Å². The van der Waals surface area contributed by atoms with E-state index in [0.717, 1.165) is 31.1 Å². The highest BCUT2D eigenvalue weighted by molar-refractivity contribution is 8.01. The fourth-order valence-electron chi connectivity index (χ4n) is 3.61. The second-order valence-corrected chi connectivity index (χ2v) is 9.78. The van der Waals surface area contributed by atoms with Crippen molar-refractivity contribution in [3.05, 3.63) is 0 Å². The number of nitrogens with zero attached hydrogens (tertiary/aromatic N) is 1. The molecule has 2 fully saturated rings.